The Bertz CT molecular complexity index is 663. The van der Waals surface area contributed by atoms with Gasteiger partial charge in [0.25, 0.3) is 5.91 Å². The molecular formula is C15H15BrClN3O. The highest BCUT2D eigenvalue weighted by molar-refractivity contribution is 9.10. The normalized spacial score (nSPS) is 10.3. The van der Waals surface area contributed by atoms with E-state index in [0.717, 1.165) is 10.0 Å². The second-order valence-corrected chi connectivity index (χ2v) is 5.91. The van der Waals surface area contributed by atoms with Crippen LogP contribution in [0, 0.1) is 0 Å². The first-order valence-electron chi connectivity index (χ1n) is 6.34. The van der Waals surface area contributed by atoms with Gasteiger partial charge in [-0.1, -0.05) is 39.7 Å². The SMILES string of the molecule is CNc1cc(C(=O)N(C)Cc2cccc(Br)c2)c(Cl)cn1. The molecule has 0 saturated heterocycles. The molecule has 0 aliphatic rings. The van der Waals surface area contributed by atoms with Crippen molar-refractivity contribution < 1.29 is 4.79 Å². The van der Waals surface area contributed by atoms with Gasteiger partial charge in [0.1, 0.15) is 5.82 Å². The molecule has 1 aromatic carbocycles. The predicted molar refractivity (Wildman–Crippen MR) is 88.7 cm³/mol. The summed E-state index contributed by atoms with van der Waals surface area (Å²) in [4.78, 5) is 18.2. The molecule has 1 amide bonds. The number of benzene rings is 1. The first-order valence-corrected chi connectivity index (χ1v) is 7.51. The summed E-state index contributed by atoms with van der Waals surface area (Å²) in [7, 11) is 3.49. The van der Waals surface area contributed by atoms with Gasteiger partial charge in [-0.2, -0.15) is 0 Å². The molecule has 2 rings (SSSR count). The van der Waals surface area contributed by atoms with Crippen molar-refractivity contribution in [2.75, 3.05) is 19.4 Å². The maximum Gasteiger partial charge on any atom is 0.255 e. The number of hydrogen-bond acceptors (Lipinski definition) is 3. The zero-order chi connectivity index (χ0) is 15.4. The number of rotatable bonds is 4. The minimum atomic E-state index is -0.140. The zero-order valence-electron chi connectivity index (χ0n) is 11.7. The molecule has 1 aromatic heterocycles. The molecular weight excluding hydrogens is 354 g/mol. The van der Waals surface area contributed by atoms with Crippen molar-refractivity contribution in [1.82, 2.24) is 9.88 Å². The van der Waals surface area contributed by atoms with Crippen LogP contribution in [0.15, 0.2) is 41.0 Å². The average molecular weight is 369 g/mol. The Labute approximate surface area is 137 Å². The summed E-state index contributed by atoms with van der Waals surface area (Å²) in [6.45, 7) is 0.506. The fourth-order valence-electron chi connectivity index (χ4n) is 1.93. The minimum absolute atomic E-state index is 0.140. The van der Waals surface area contributed by atoms with E-state index in [2.05, 4.69) is 26.2 Å². The van der Waals surface area contributed by atoms with Crippen LogP contribution in [0.4, 0.5) is 5.82 Å². The second-order valence-electron chi connectivity index (χ2n) is 4.59. The molecule has 1 heterocycles. The van der Waals surface area contributed by atoms with E-state index in [-0.39, 0.29) is 5.91 Å². The van der Waals surface area contributed by atoms with Crippen molar-refractivity contribution in [2.45, 2.75) is 6.54 Å². The van der Waals surface area contributed by atoms with Gasteiger partial charge >= 0.3 is 0 Å². The maximum absolute atomic E-state index is 12.5. The van der Waals surface area contributed by atoms with Gasteiger partial charge in [0, 0.05) is 31.3 Å². The molecule has 21 heavy (non-hydrogen) atoms. The van der Waals surface area contributed by atoms with Gasteiger partial charge in [0.2, 0.25) is 0 Å². The molecule has 0 aliphatic heterocycles. The number of carbonyl (C=O) groups excluding carboxylic acids is 1. The number of carbonyl (C=O) groups is 1. The molecule has 2 aromatic rings. The van der Waals surface area contributed by atoms with E-state index < -0.39 is 0 Å². The molecule has 4 nitrogen and oxygen atoms in total. The van der Waals surface area contributed by atoms with Crippen molar-refractivity contribution in [3.63, 3.8) is 0 Å². The van der Waals surface area contributed by atoms with Crippen molar-refractivity contribution >= 4 is 39.3 Å². The van der Waals surface area contributed by atoms with Gasteiger partial charge < -0.3 is 10.2 Å². The Morgan fingerprint density at radius 3 is 2.86 bits per heavy atom. The molecule has 0 atom stereocenters. The van der Waals surface area contributed by atoms with E-state index in [0.29, 0.717) is 22.9 Å². The van der Waals surface area contributed by atoms with Crippen molar-refractivity contribution in [1.29, 1.82) is 0 Å². The monoisotopic (exact) mass is 367 g/mol. The fourth-order valence-corrected chi connectivity index (χ4v) is 2.56. The third-order valence-corrected chi connectivity index (χ3v) is 3.79. The lowest BCUT2D eigenvalue weighted by molar-refractivity contribution is 0.0785. The predicted octanol–water partition coefficient (Wildman–Crippen LogP) is 3.81. The van der Waals surface area contributed by atoms with Crippen LogP contribution in [0.5, 0.6) is 0 Å². The van der Waals surface area contributed by atoms with Crippen LogP contribution in [0.1, 0.15) is 15.9 Å². The number of pyridine rings is 1. The third kappa shape index (κ3) is 3.95. The second kappa shape index (κ2) is 6.91. The van der Waals surface area contributed by atoms with Gasteiger partial charge in [-0.3, -0.25) is 4.79 Å². The topological polar surface area (TPSA) is 45.2 Å². The van der Waals surface area contributed by atoms with E-state index in [9.17, 15) is 4.79 Å². The Kier molecular flexibility index (Phi) is 5.20. The number of aromatic nitrogens is 1. The van der Waals surface area contributed by atoms with E-state index >= 15 is 0 Å². The molecule has 6 heteroatoms. The third-order valence-electron chi connectivity index (χ3n) is 3.00. The summed E-state index contributed by atoms with van der Waals surface area (Å²) in [6.07, 6.45) is 1.48. The molecule has 0 fully saturated rings. The average Bonchev–Trinajstić information content (AvgIpc) is 2.47. The molecule has 0 radical (unpaired) electrons. The van der Waals surface area contributed by atoms with Crippen LogP contribution in [-0.2, 0) is 6.54 Å². The number of hydrogen-bond donors (Lipinski definition) is 1. The van der Waals surface area contributed by atoms with Gasteiger partial charge in [-0.25, -0.2) is 4.98 Å². The van der Waals surface area contributed by atoms with Crippen LogP contribution in [0.25, 0.3) is 0 Å². The summed E-state index contributed by atoms with van der Waals surface area (Å²) in [5.41, 5.74) is 1.48. The lowest BCUT2D eigenvalue weighted by Crippen LogP contribution is -2.26. The van der Waals surface area contributed by atoms with Crippen LogP contribution in [-0.4, -0.2) is 29.9 Å². The largest absolute Gasteiger partial charge is 0.373 e. The molecule has 0 unspecified atom stereocenters. The number of anilines is 1. The summed E-state index contributed by atoms with van der Waals surface area (Å²) >= 11 is 9.50. The van der Waals surface area contributed by atoms with Crippen molar-refractivity contribution in [3.8, 4) is 0 Å². The molecule has 0 saturated carbocycles. The highest BCUT2D eigenvalue weighted by Gasteiger charge is 2.16. The highest BCUT2D eigenvalue weighted by atomic mass is 79.9. The number of halogens is 2. The lowest BCUT2D eigenvalue weighted by atomic mass is 10.2. The van der Waals surface area contributed by atoms with Crippen LogP contribution < -0.4 is 5.32 Å². The Balaban J connectivity index is 2.19. The number of nitrogens with zero attached hydrogens (tertiary/aromatic N) is 2. The van der Waals surface area contributed by atoms with E-state index in [1.165, 1.54) is 6.20 Å². The summed E-state index contributed by atoms with van der Waals surface area (Å²) in [6, 6.07) is 9.50. The van der Waals surface area contributed by atoms with Crippen molar-refractivity contribution in [3.05, 3.63) is 57.2 Å². The van der Waals surface area contributed by atoms with Gasteiger partial charge in [-0.15, -0.1) is 0 Å². The van der Waals surface area contributed by atoms with Crippen LogP contribution in [0.2, 0.25) is 5.02 Å². The molecule has 0 aliphatic carbocycles. The van der Waals surface area contributed by atoms with Gasteiger partial charge in [-0.05, 0) is 23.8 Å². The van der Waals surface area contributed by atoms with Gasteiger partial charge in [0.15, 0.2) is 0 Å². The Morgan fingerprint density at radius 1 is 1.43 bits per heavy atom. The molecule has 0 spiro atoms. The van der Waals surface area contributed by atoms with Gasteiger partial charge in [0.05, 0.1) is 10.6 Å². The highest BCUT2D eigenvalue weighted by Crippen LogP contribution is 2.20. The fraction of sp³-hybridized carbons (Fsp3) is 0.200. The smallest absolute Gasteiger partial charge is 0.255 e. The minimum Gasteiger partial charge on any atom is -0.373 e. The van der Waals surface area contributed by atoms with E-state index in [4.69, 9.17) is 11.6 Å². The first kappa shape index (κ1) is 15.8. The summed E-state index contributed by atoms with van der Waals surface area (Å²) < 4.78 is 0.986. The lowest BCUT2D eigenvalue weighted by Gasteiger charge is -2.18. The molecule has 1 N–H and O–H groups in total. The number of amides is 1. The zero-order valence-corrected chi connectivity index (χ0v) is 14.1. The van der Waals surface area contributed by atoms with Crippen molar-refractivity contribution in [2.24, 2.45) is 0 Å². The maximum atomic E-state index is 12.5. The number of nitrogens with one attached hydrogen (secondary N) is 1. The molecule has 0 bridgehead atoms. The molecule has 110 valence electrons. The standard InChI is InChI=1S/C15H15BrClN3O/c1-18-14-7-12(13(17)8-19-14)15(21)20(2)9-10-4-3-5-11(16)6-10/h3-8H,9H2,1-2H3,(H,18,19). The van der Waals surface area contributed by atoms with Crippen LogP contribution >= 0.6 is 27.5 Å². The Hall–Kier alpha value is -1.59. The van der Waals surface area contributed by atoms with E-state index in [1.807, 2.05) is 24.3 Å². The summed E-state index contributed by atoms with van der Waals surface area (Å²) in [5.74, 6) is 0.470. The Morgan fingerprint density at radius 2 is 2.19 bits per heavy atom. The summed E-state index contributed by atoms with van der Waals surface area (Å²) in [5, 5.41) is 3.25. The quantitative estimate of drug-likeness (QED) is 0.892. The van der Waals surface area contributed by atoms with Crippen LogP contribution in [0.3, 0.4) is 0 Å². The van der Waals surface area contributed by atoms with E-state index in [1.54, 1.807) is 25.1 Å². The first-order chi connectivity index (χ1) is 10.0.